The maximum atomic E-state index is 10.8. The quantitative estimate of drug-likeness (QED) is 0.854. The van der Waals surface area contributed by atoms with E-state index in [1.54, 1.807) is 6.92 Å². The molecule has 20 heavy (non-hydrogen) atoms. The summed E-state index contributed by atoms with van der Waals surface area (Å²) >= 11 is 5.88. The first kappa shape index (κ1) is 17.4. The molecule has 1 fully saturated rings. The van der Waals surface area contributed by atoms with E-state index in [4.69, 9.17) is 16.7 Å². The van der Waals surface area contributed by atoms with Crippen molar-refractivity contribution in [2.24, 2.45) is 5.92 Å². The van der Waals surface area contributed by atoms with Crippen LogP contribution in [-0.2, 0) is 4.79 Å². The van der Waals surface area contributed by atoms with Crippen LogP contribution in [-0.4, -0.2) is 67.6 Å². The van der Waals surface area contributed by atoms with E-state index >= 15 is 0 Å². The van der Waals surface area contributed by atoms with Gasteiger partial charge in [0.15, 0.2) is 0 Å². The van der Waals surface area contributed by atoms with Crippen molar-refractivity contribution in [3.63, 3.8) is 0 Å². The van der Waals surface area contributed by atoms with Crippen molar-refractivity contribution in [1.82, 2.24) is 4.90 Å². The van der Waals surface area contributed by atoms with Crippen molar-refractivity contribution < 1.29 is 9.90 Å². The van der Waals surface area contributed by atoms with Crippen LogP contribution in [0.4, 0.5) is 5.69 Å². The van der Waals surface area contributed by atoms with Gasteiger partial charge in [-0.1, -0.05) is 18.5 Å². The van der Waals surface area contributed by atoms with Crippen molar-refractivity contribution in [3.8, 4) is 0 Å². The number of piperazine rings is 1. The normalized spacial score (nSPS) is 17.4. The molecular weight excluding hydrogens is 271 g/mol. The number of nitrogens with zero attached hydrogens (tertiary/aromatic N) is 2. The van der Waals surface area contributed by atoms with Crippen LogP contribution < -0.4 is 4.90 Å². The summed E-state index contributed by atoms with van der Waals surface area (Å²) in [6.45, 7) is 6.04. The summed E-state index contributed by atoms with van der Waals surface area (Å²) in [6.07, 6.45) is 0. The standard InChI is InChI=1S/C14H19ClN2O2.Li.H/c1-11(14(18)19)10-16-6-8-17(9-7-16)13-4-2-12(15)3-5-13;;/h2-5,11H,6-10H2,1H3,(H,18,19);;. The van der Waals surface area contributed by atoms with Gasteiger partial charge in [0, 0.05) is 43.4 Å². The number of hydrogen-bond acceptors (Lipinski definition) is 3. The molecule has 2 rings (SSSR count). The Morgan fingerprint density at radius 2 is 1.80 bits per heavy atom. The maximum absolute atomic E-state index is 10.8. The van der Waals surface area contributed by atoms with Gasteiger partial charge >= 0.3 is 24.8 Å². The molecule has 1 heterocycles. The molecule has 4 nitrogen and oxygen atoms in total. The fourth-order valence-corrected chi connectivity index (χ4v) is 2.43. The van der Waals surface area contributed by atoms with Crippen molar-refractivity contribution in [1.29, 1.82) is 0 Å². The average molecular weight is 291 g/mol. The molecule has 0 aliphatic carbocycles. The van der Waals surface area contributed by atoms with Crippen molar-refractivity contribution >= 4 is 42.1 Å². The Kier molecular flexibility index (Phi) is 6.91. The van der Waals surface area contributed by atoms with Gasteiger partial charge in [-0.15, -0.1) is 0 Å². The van der Waals surface area contributed by atoms with Crippen LogP contribution >= 0.6 is 11.6 Å². The number of carboxylic acids is 1. The number of carboxylic acid groups (broad SMARTS) is 1. The molecule has 0 saturated carbocycles. The first-order valence-corrected chi connectivity index (χ1v) is 6.90. The van der Waals surface area contributed by atoms with Gasteiger partial charge in [-0.05, 0) is 24.3 Å². The summed E-state index contributed by atoms with van der Waals surface area (Å²) in [4.78, 5) is 15.4. The predicted molar refractivity (Wildman–Crippen MR) is 84.1 cm³/mol. The molecule has 0 amide bonds. The molecule has 0 spiro atoms. The van der Waals surface area contributed by atoms with Crippen molar-refractivity contribution in [3.05, 3.63) is 29.3 Å². The van der Waals surface area contributed by atoms with E-state index in [-0.39, 0.29) is 24.8 Å². The Balaban J connectivity index is 0.00000200. The molecule has 1 aromatic rings. The number of hydrogen-bond donors (Lipinski definition) is 1. The van der Waals surface area contributed by atoms with Gasteiger partial charge in [-0.25, -0.2) is 0 Å². The fourth-order valence-electron chi connectivity index (χ4n) is 2.31. The minimum absolute atomic E-state index is 0. The third-order valence-electron chi connectivity index (χ3n) is 3.52. The molecule has 1 N–H and O–H groups in total. The van der Waals surface area contributed by atoms with Crippen LogP contribution in [0.2, 0.25) is 5.02 Å². The van der Waals surface area contributed by atoms with Gasteiger partial charge in [0.05, 0.1) is 5.92 Å². The van der Waals surface area contributed by atoms with E-state index in [0.29, 0.717) is 6.54 Å². The summed E-state index contributed by atoms with van der Waals surface area (Å²) in [6, 6.07) is 7.85. The van der Waals surface area contributed by atoms with E-state index in [1.165, 1.54) is 5.69 Å². The zero-order chi connectivity index (χ0) is 13.8. The molecule has 1 saturated heterocycles. The number of benzene rings is 1. The van der Waals surface area contributed by atoms with Crippen LogP contribution in [0.25, 0.3) is 0 Å². The number of rotatable bonds is 4. The molecule has 6 heteroatoms. The number of anilines is 1. The predicted octanol–water partition coefficient (Wildman–Crippen LogP) is 1.53. The summed E-state index contributed by atoms with van der Waals surface area (Å²) in [7, 11) is 0. The number of carbonyl (C=O) groups is 1. The minimum atomic E-state index is -0.722. The fraction of sp³-hybridized carbons (Fsp3) is 0.500. The Labute approximate surface area is 136 Å². The van der Waals surface area contributed by atoms with E-state index in [0.717, 1.165) is 31.2 Å². The van der Waals surface area contributed by atoms with Crippen LogP contribution in [0.1, 0.15) is 6.92 Å². The van der Waals surface area contributed by atoms with E-state index in [2.05, 4.69) is 9.80 Å². The van der Waals surface area contributed by atoms with Crippen LogP contribution in [0, 0.1) is 5.92 Å². The first-order chi connectivity index (χ1) is 9.06. The summed E-state index contributed by atoms with van der Waals surface area (Å²) in [5, 5.41) is 9.67. The third kappa shape index (κ3) is 4.71. The Morgan fingerprint density at radius 1 is 1.25 bits per heavy atom. The van der Waals surface area contributed by atoms with Crippen molar-refractivity contribution in [2.75, 3.05) is 37.6 Å². The average Bonchev–Trinajstić information content (AvgIpc) is 2.40. The monoisotopic (exact) mass is 290 g/mol. The number of halogens is 1. The SMILES string of the molecule is CC(CN1CCN(c2ccc(Cl)cc2)CC1)C(=O)O.[LiH]. The molecule has 0 bridgehead atoms. The Bertz CT molecular complexity index is 433. The molecule has 106 valence electrons. The second-order valence-corrected chi connectivity index (χ2v) is 5.44. The van der Waals surface area contributed by atoms with Crippen molar-refractivity contribution in [2.45, 2.75) is 6.92 Å². The third-order valence-corrected chi connectivity index (χ3v) is 3.77. The molecule has 1 unspecified atom stereocenters. The van der Waals surface area contributed by atoms with Crippen LogP contribution in [0.5, 0.6) is 0 Å². The van der Waals surface area contributed by atoms with Crippen LogP contribution in [0.15, 0.2) is 24.3 Å². The molecular formula is C14H20ClLiN2O2. The molecule has 0 radical (unpaired) electrons. The van der Waals surface area contributed by atoms with E-state index < -0.39 is 5.97 Å². The second kappa shape index (κ2) is 7.95. The zero-order valence-corrected chi connectivity index (χ0v) is 11.8. The zero-order valence-electron chi connectivity index (χ0n) is 11.1. The van der Waals surface area contributed by atoms with E-state index in [1.807, 2.05) is 24.3 Å². The molecule has 0 aromatic heterocycles. The molecule has 1 aliphatic heterocycles. The van der Waals surface area contributed by atoms with Gasteiger partial charge in [0.1, 0.15) is 0 Å². The molecule has 1 aromatic carbocycles. The summed E-state index contributed by atoms with van der Waals surface area (Å²) in [5.74, 6) is -1.03. The summed E-state index contributed by atoms with van der Waals surface area (Å²) in [5.41, 5.74) is 1.18. The number of aliphatic carboxylic acids is 1. The molecule has 1 aliphatic rings. The van der Waals surface area contributed by atoms with Gasteiger partial charge in [-0.3, -0.25) is 9.69 Å². The second-order valence-electron chi connectivity index (χ2n) is 5.00. The Morgan fingerprint density at radius 3 is 2.30 bits per heavy atom. The molecule has 1 atom stereocenters. The van der Waals surface area contributed by atoms with Gasteiger partial charge in [0.2, 0.25) is 0 Å². The van der Waals surface area contributed by atoms with Crippen LogP contribution in [0.3, 0.4) is 0 Å². The first-order valence-electron chi connectivity index (χ1n) is 6.52. The topological polar surface area (TPSA) is 43.8 Å². The van der Waals surface area contributed by atoms with Gasteiger partial charge in [-0.2, -0.15) is 0 Å². The van der Waals surface area contributed by atoms with Gasteiger partial charge < -0.3 is 10.0 Å². The van der Waals surface area contributed by atoms with Gasteiger partial charge in [0.25, 0.3) is 0 Å². The summed E-state index contributed by atoms with van der Waals surface area (Å²) < 4.78 is 0. The Hall–Kier alpha value is -0.663. The van der Waals surface area contributed by atoms with E-state index in [9.17, 15) is 4.79 Å².